The van der Waals surface area contributed by atoms with Crippen molar-refractivity contribution in [1.29, 1.82) is 0 Å². The maximum absolute atomic E-state index is 13.2. The summed E-state index contributed by atoms with van der Waals surface area (Å²) in [6, 6.07) is 21.4. The van der Waals surface area contributed by atoms with E-state index in [4.69, 9.17) is 0 Å². The van der Waals surface area contributed by atoms with Crippen molar-refractivity contribution in [1.82, 2.24) is 10.2 Å². The van der Waals surface area contributed by atoms with E-state index in [1.807, 2.05) is 18.2 Å². The molecule has 2 unspecified atom stereocenters. The molecule has 2 aliphatic rings. The van der Waals surface area contributed by atoms with E-state index in [1.165, 1.54) is 17.5 Å². The van der Waals surface area contributed by atoms with E-state index in [1.54, 1.807) is 0 Å². The van der Waals surface area contributed by atoms with Gasteiger partial charge in [0.05, 0.1) is 6.04 Å². The Balaban J connectivity index is 1.30. The van der Waals surface area contributed by atoms with E-state index in [2.05, 4.69) is 85.6 Å². The molecule has 3 heteroatoms. The zero-order chi connectivity index (χ0) is 22.6. The van der Waals surface area contributed by atoms with Crippen LogP contribution in [-0.2, 0) is 4.79 Å². The van der Waals surface area contributed by atoms with Crippen molar-refractivity contribution in [2.24, 2.45) is 17.3 Å². The van der Waals surface area contributed by atoms with E-state index in [9.17, 15) is 4.79 Å². The highest BCUT2D eigenvalue weighted by Crippen LogP contribution is 2.42. The summed E-state index contributed by atoms with van der Waals surface area (Å²) in [5.41, 5.74) is 2.18. The minimum Gasteiger partial charge on any atom is -0.349 e. The van der Waals surface area contributed by atoms with Crippen LogP contribution in [0, 0.1) is 17.3 Å². The number of rotatable bonds is 6. The third-order valence-electron chi connectivity index (χ3n) is 7.77. The normalized spacial score (nSPS) is 29.8. The summed E-state index contributed by atoms with van der Waals surface area (Å²) in [6.45, 7) is 8.90. The van der Waals surface area contributed by atoms with Crippen molar-refractivity contribution < 1.29 is 4.79 Å². The summed E-state index contributed by atoms with van der Waals surface area (Å²) in [5.74, 6) is 1.49. The third-order valence-corrected chi connectivity index (χ3v) is 7.77. The number of nitrogens with zero attached hydrogens (tertiary/aromatic N) is 1. The molecule has 0 radical (unpaired) electrons. The topological polar surface area (TPSA) is 32.3 Å². The molecule has 170 valence electrons. The van der Waals surface area contributed by atoms with Gasteiger partial charge in [-0.05, 0) is 62.1 Å². The van der Waals surface area contributed by atoms with Crippen molar-refractivity contribution in [2.45, 2.75) is 58.5 Å². The average Bonchev–Trinajstić information content (AvgIpc) is 3.23. The predicted octanol–water partition coefficient (Wildman–Crippen LogP) is 6.09. The molecule has 2 aromatic carbocycles. The highest BCUT2D eigenvalue weighted by atomic mass is 16.2. The number of amides is 1. The molecule has 0 bridgehead atoms. The Kier molecular flexibility index (Phi) is 7.15. The van der Waals surface area contributed by atoms with Gasteiger partial charge in [0.2, 0.25) is 5.91 Å². The quantitative estimate of drug-likeness (QED) is 0.601. The zero-order valence-electron chi connectivity index (χ0n) is 19.8. The Morgan fingerprint density at radius 3 is 2.47 bits per heavy atom. The van der Waals surface area contributed by atoms with Gasteiger partial charge in [0, 0.05) is 18.0 Å². The van der Waals surface area contributed by atoms with Crippen LogP contribution in [0.1, 0.15) is 63.6 Å². The Morgan fingerprint density at radius 1 is 1.09 bits per heavy atom. The monoisotopic (exact) mass is 430 g/mol. The Labute approximate surface area is 193 Å². The Hall–Kier alpha value is -2.39. The third kappa shape index (κ3) is 5.32. The minimum atomic E-state index is -0.263. The number of carbonyl (C=O) groups is 1. The standard InChI is InChI=1S/C29H38N2O/c1-22-21-31(19-17-25(22)15-14-24-10-6-4-7-11-24)27-16-18-29(3,20-27)28(32)30-23(2)26-12-8-5-9-13-26/h4-15,22-23,25,27H,16-21H2,1-3H3,(H,30,32)/b15-14-/t22-,23-,25+,27?,29?/m0/s1. The molecule has 1 heterocycles. The van der Waals surface area contributed by atoms with Gasteiger partial charge in [-0.25, -0.2) is 0 Å². The molecular formula is C29H38N2O. The van der Waals surface area contributed by atoms with Crippen LogP contribution in [0.15, 0.2) is 66.7 Å². The van der Waals surface area contributed by atoms with Crippen LogP contribution in [0.2, 0.25) is 0 Å². The molecule has 4 rings (SSSR count). The molecule has 1 aliphatic heterocycles. The number of carbonyl (C=O) groups excluding carboxylic acids is 1. The van der Waals surface area contributed by atoms with Crippen LogP contribution in [0.25, 0.3) is 6.08 Å². The molecule has 1 aliphatic carbocycles. The molecular weight excluding hydrogens is 392 g/mol. The fourth-order valence-electron chi connectivity index (χ4n) is 5.54. The molecule has 0 aromatic heterocycles. The second kappa shape index (κ2) is 10.0. The molecule has 2 fully saturated rings. The summed E-state index contributed by atoms with van der Waals surface area (Å²) in [7, 11) is 0. The maximum Gasteiger partial charge on any atom is 0.226 e. The smallest absolute Gasteiger partial charge is 0.226 e. The number of allylic oxidation sites excluding steroid dienone is 1. The van der Waals surface area contributed by atoms with Gasteiger partial charge in [-0.1, -0.05) is 86.7 Å². The average molecular weight is 431 g/mol. The number of nitrogens with one attached hydrogen (secondary N) is 1. The lowest BCUT2D eigenvalue weighted by Gasteiger charge is -2.39. The van der Waals surface area contributed by atoms with E-state index in [-0.39, 0.29) is 17.4 Å². The molecule has 5 atom stereocenters. The molecule has 1 amide bonds. The first-order valence-electron chi connectivity index (χ1n) is 12.3. The van der Waals surface area contributed by atoms with Gasteiger partial charge in [-0.3, -0.25) is 4.79 Å². The highest BCUT2D eigenvalue weighted by Gasteiger charge is 2.44. The van der Waals surface area contributed by atoms with Crippen LogP contribution in [0.3, 0.4) is 0 Å². The van der Waals surface area contributed by atoms with Gasteiger partial charge in [0.15, 0.2) is 0 Å². The highest BCUT2D eigenvalue weighted by molar-refractivity contribution is 5.83. The molecule has 1 N–H and O–H groups in total. The summed E-state index contributed by atoms with van der Waals surface area (Å²) in [4.78, 5) is 15.8. The van der Waals surface area contributed by atoms with Gasteiger partial charge in [0.1, 0.15) is 0 Å². The van der Waals surface area contributed by atoms with Crippen molar-refractivity contribution in [3.63, 3.8) is 0 Å². The lowest BCUT2D eigenvalue weighted by atomic mass is 9.84. The van der Waals surface area contributed by atoms with E-state index >= 15 is 0 Å². The van der Waals surface area contributed by atoms with Crippen LogP contribution < -0.4 is 5.32 Å². The molecule has 1 saturated heterocycles. The Bertz CT molecular complexity index is 909. The molecule has 32 heavy (non-hydrogen) atoms. The van der Waals surface area contributed by atoms with Crippen molar-refractivity contribution >= 4 is 12.0 Å². The summed E-state index contributed by atoms with van der Waals surface area (Å²) in [5, 5.41) is 3.28. The number of piperidine rings is 1. The van der Waals surface area contributed by atoms with Gasteiger partial charge < -0.3 is 10.2 Å². The number of benzene rings is 2. The van der Waals surface area contributed by atoms with Crippen LogP contribution in [-0.4, -0.2) is 29.9 Å². The van der Waals surface area contributed by atoms with Gasteiger partial charge in [-0.2, -0.15) is 0 Å². The molecule has 2 aromatic rings. The van der Waals surface area contributed by atoms with E-state index in [0.717, 1.165) is 32.4 Å². The lowest BCUT2D eigenvalue weighted by molar-refractivity contribution is -0.130. The zero-order valence-corrected chi connectivity index (χ0v) is 19.8. The predicted molar refractivity (Wildman–Crippen MR) is 133 cm³/mol. The molecule has 3 nitrogen and oxygen atoms in total. The van der Waals surface area contributed by atoms with Gasteiger partial charge in [-0.15, -0.1) is 0 Å². The minimum absolute atomic E-state index is 0.0479. The van der Waals surface area contributed by atoms with Crippen LogP contribution >= 0.6 is 0 Å². The van der Waals surface area contributed by atoms with Crippen molar-refractivity contribution in [3.05, 3.63) is 77.9 Å². The lowest BCUT2D eigenvalue weighted by Crippen LogP contribution is -2.45. The largest absolute Gasteiger partial charge is 0.349 e. The van der Waals surface area contributed by atoms with Gasteiger partial charge in [0.25, 0.3) is 0 Å². The van der Waals surface area contributed by atoms with Crippen LogP contribution in [0.4, 0.5) is 0 Å². The van der Waals surface area contributed by atoms with E-state index < -0.39 is 0 Å². The maximum atomic E-state index is 13.2. The van der Waals surface area contributed by atoms with Crippen molar-refractivity contribution in [3.8, 4) is 0 Å². The number of hydrogen-bond acceptors (Lipinski definition) is 2. The summed E-state index contributed by atoms with van der Waals surface area (Å²) < 4.78 is 0. The second-order valence-corrected chi connectivity index (χ2v) is 10.3. The fourth-order valence-corrected chi connectivity index (χ4v) is 5.54. The van der Waals surface area contributed by atoms with E-state index in [0.29, 0.717) is 17.9 Å². The molecule has 1 saturated carbocycles. The Morgan fingerprint density at radius 2 is 1.78 bits per heavy atom. The second-order valence-electron chi connectivity index (χ2n) is 10.3. The van der Waals surface area contributed by atoms with Gasteiger partial charge >= 0.3 is 0 Å². The first kappa shape index (κ1) is 22.8. The first-order valence-corrected chi connectivity index (χ1v) is 12.3. The first-order chi connectivity index (χ1) is 15.4. The fraction of sp³-hybridized carbons (Fsp3) is 0.483. The number of likely N-dealkylation sites (tertiary alicyclic amines) is 1. The van der Waals surface area contributed by atoms with Crippen molar-refractivity contribution in [2.75, 3.05) is 13.1 Å². The van der Waals surface area contributed by atoms with Crippen LogP contribution in [0.5, 0.6) is 0 Å². The SMILES string of the molecule is C[C@H](NC(=O)C1(C)CCC(N2CC[C@@H](/C=C\c3ccccc3)[C@@H](C)C2)C1)c1ccccc1. The molecule has 0 spiro atoms. The summed E-state index contributed by atoms with van der Waals surface area (Å²) >= 11 is 0. The number of hydrogen-bond donors (Lipinski definition) is 1. The summed E-state index contributed by atoms with van der Waals surface area (Å²) in [6.07, 6.45) is 8.97.